The van der Waals surface area contributed by atoms with Gasteiger partial charge in [0.15, 0.2) is 5.43 Å². The average Bonchev–Trinajstić information content (AvgIpc) is 2.72. The Kier molecular flexibility index (Phi) is 2.41. The van der Waals surface area contributed by atoms with Crippen LogP contribution in [0.2, 0.25) is 0 Å². The lowest BCUT2D eigenvalue weighted by atomic mass is 10.2. The Morgan fingerprint density at radius 2 is 2.05 bits per heavy atom. The largest absolute Gasteiger partial charge is 0.464 e. The van der Waals surface area contributed by atoms with Gasteiger partial charge in [-0.2, -0.15) is 0 Å². The van der Waals surface area contributed by atoms with Crippen LogP contribution < -0.4 is 5.43 Å². The maximum atomic E-state index is 12.2. The summed E-state index contributed by atoms with van der Waals surface area (Å²) in [5.41, 5.74) is 1.53. The molecule has 3 aromatic rings. The van der Waals surface area contributed by atoms with Crippen LogP contribution in [0.4, 0.5) is 0 Å². The molecule has 5 nitrogen and oxygen atoms in total. The summed E-state index contributed by atoms with van der Waals surface area (Å²) in [5.74, 6) is -0.552. The minimum Gasteiger partial charge on any atom is -0.464 e. The number of aromatic amines is 1. The average molecular weight is 256 g/mol. The maximum Gasteiger partial charge on any atom is 0.354 e. The van der Waals surface area contributed by atoms with Gasteiger partial charge in [-0.25, -0.2) is 4.79 Å². The molecule has 2 aromatic heterocycles. The molecule has 0 saturated carbocycles. The Morgan fingerprint density at radius 1 is 1.32 bits per heavy atom. The molecule has 19 heavy (non-hydrogen) atoms. The number of fused-ring (bicyclic) bond motifs is 3. The van der Waals surface area contributed by atoms with E-state index in [1.165, 1.54) is 13.2 Å². The van der Waals surface area contributed by atoms with Gasteiger partial charge >= 0.3 is 5.97 Å². The molecule has 0 amide bonds. The number of H-pyrrole nitrogens is 1. The highest BCUT2D eigenvalue weighted by Gasteiger charge is 2.15. The van der Waals surface area contributed by atoms with Gasteiger partial charge in [0.25, 0.3) is 0 Å². The zero-order valence-electron chi connectivity index (χ0n) is 10.6. The molecule has 5 heteroatoms. The summed E-state index contributed by atoms with van der Waals surface area (Å²) in [4.78, 5) is 26.7. The van der Waals surface area contributed by atoms with Gasteiger partial charge < -0.3 is 14.3 Å². The van der Waals surface area contributed by atoms with Crippen molar-refractivity contribution in [3.8, 4) is 0 Å². The number of para-hydroxylation sites is 1. The van der Waals surface area contributed by atoms with Gasteiger partial charge in [0.05, 0.1) is 18.0 Å². The summed E-state index contributed by atoms with van der Waals surface area (Å²) in [6.07, 6.45) is 0. The number of esters is 1. The number of rotatable bonds is 1. The number of pyridine rings is 1. The van der Waals surface area contributed by atoms with E-state index in [-0.39, 0.29) is 11.1 Å². The molecule has 0 atom stereocenters. The lowest BCUT2D eigenvalue weighted by Gasteiger charge is -2.01. The van der Waals surface area contributed by atoms with Crippen LogP contribution in [-0.2, 0) is 11.8 Å². The van der Waals surface area contributed by atoms with Gasteiger partial charge in [0.1, 0.15) is 11.3 Å². The number of nitrogens with zero attached hydrogens (tertiary/aromatic N) is 1. The third kappa shape index (κ3) is 1.55. The summed E-state index contributed by atoms with van der Waals surface area (Å²) in [6, 6.07) is 8.90. The third-order valence-corrected chi connectivity index (χ3v) is 3.29. The monoisotopic (exact) mass is 256 g/mol. The van der Waals surface area contributed by atoms with E-state index < -0.39 is 5.97 Å². The molecule has 1 N–H and O–H groups in total. The number of ether oxygens (including phenoxy) is 1. The molecular weight excluding hydrogens is 244 g/mol. The van der Waals surface area contributed by atoms with Crippen LogP contribution in [0.3, 0.4) is 0 Å². The predicted molar refractivity (Wildman–Crippen MR) is 72.4 cm³/mol. The van der Waals surface area contributed by atoms with Crippen LogP contribution >= 0.6 is 0 Å². The van der Waals surface area contributed by atoms with E-state index in [0.29, 0.717) is 11.0 Å². The predicted octanol–water partition coefficient (Wildman–Crippen LogP) is 1.81. The normalized spacial score (nSPS) is 11.1. The molecule has 1 aromatic carbocycles. The molecule has 0 radical (unpaired) electrons. The molecule has 0 aliphatic rings. The summed E-state index contributed by atoms with van der Waals surface area (Å²) in [7, 11) is 3.13. The Bertz CT molecular complexity index is 858. The lowest BCUT2D eigenvalue weighted by Crippen LogP contribution is -2.11. The fourth-order valence-electron chi connectivity index (χ4n) is 2.38. The van der Waals surface area contributed by atoms with Crippen molar-refractivity contribution in [2.45, 2.75) is 0 Å². The summed E-state index contributed by atoms with van der Waals surface area (Å²) < 4.78 is 6.50. The van der Waals surface area contributed by atoms with Crippen LogP contribution in [0.25, 0.3) is 21.9 Å². The van der Waals surface area contributed by atoms with Gasteiger partial charge in [-0.05, 0) is 6.07 Å². The van der Waals surface area contributed by atoms with Gasteiger partial charge in [0, 0.05) is 18.5 Å². The number of carbonyl (C=O) groups excluding carboxylic acids is 1. The van der Waals surface area contributed by atoms with Crippen molar-refractivity contribution in [1.29, 1.82) is 0 Å². The molecule has 96 valence electrons. The van der Waals surface area contributed by atoms with Crippen molar-refractivity contribution in [3.05, 3.63) is 46.2 Å². The molecule has 3 rings (SSSR count). The molecule has 0 saturated heterocycles. The van der Waals surface area contributed by atoms with Crippen LogP contribution in [0, 0.1) is 0 Å². The minimum atomic E-state index is -0.552. The number of carbonyl (C=O) groups is 1. The first-order valence-corrected chi connectivity index (χ1v) is 5.82. The van der Waals surface area contributed by atoms with E-state index >= 15 is 0 Å². The SMILES string of the molecule is COC(=O)c1cc(=O)c2c3ccccc3n(C)c2[nH]1. The van der Waals surface area contributed by atoms with Crippen LogP contribution in [-0.4, -0.2) is 22.6 Å². The highest BCUT2D eigenvalue weighted by atomic mass is 16.5. The van der Waals surface area contributed by atoms with Crippen LogP contribution in [0.1, 0.15) is 10.5 Å². The van der Waals surface area contributed by atoms with Crippen LogP contribution in [0.15, 0.2) is 35.1 Å². The van der Waals surface area contributed by atoms with E-state index in [4.69, 9.17) is 0 Å². The first-order valence-electron chi connectivity index (χ1n) is 5.82. The zero-order chi connectivity index (χ0) is 13.6. The summed E-state index contributed by atoms with van der Waals surface area (Å²) in [6.45, 7) is 0. The number of nitrogens with one attached hydrogen (secondary N) is 1. The smallest absolute Gasteiger partial charge is 0.354 e. The molecule has 0 bridgehead atoms. The van der Waals surface area contributed by atoms with Gasteiger partial charge in [-0.3, -0.25) is 4.79 Å². The first kappa shape index (κ1) is 11.5. The quantitative estimate of drug-likeness (QED) is 0.675. The topological polar surface area (TPSA) is 64.1 Å². The van der Waals surface area contributed by atoms with Crippen molar-refractivity contribution in [2.75, 3.05) is 7.11 Å². The van der Waals surface area contributed by atoms with Crippen molar-refractivity contribution >= 4 is 27.9 Å². The number of hydrogen-bond acceptors (Lipinski definition) is 3. The number of aryl methyl sites for hydroxylation is 1. The number of hydrogen-bond donors (Lipinski definition) is 1. The van der Waals surface area contributed by atoms with E-state index in [1.807, 2.05) is 35.9 Å². The number of methoxy groups -OCH3 is 1. The van der Waals surface area contributed by atoms with E-state index in [9.17, 15) is 9.59 Å². The van der Waals surface area contributed by atoms with Crippen molar-refractivity contribution in [3.63, 3.8) is 0 Å². The van der Waals surface area contributed by atoms with E-state index in [2.05, 4.69) is 9.72 Å². The molecule has 0 aliphatic carbocycles. The van der Waals surface area contributed by atoms with Gasteiger partial charge in [-0.1, -0.05) is 18.2 Å². The van der Waals surface area contributed by atoms with E-state index in [1.54, 1.807) is 0 Å². The molecule has 2 heterocycles. The Balaban J connectivity index is 2.50. The number of aromatic nitrogens is 2. The van der Waals surface area contributed by atoms with Gasteiger partial charge in [-0.15, -0.1) is 0 Å². The molecule has 0 spiro atoms. The highest BCUT2D eigenvalue weighted by Crippen LogP contribution is 2.24. The Hall–Kier alpha value is -2.56. The second-order valence-corrected chi connectivity index (χ2v) is 4.34. The standard InChI is InChI=1S/C14H12N2O3/c1-16-10-6-4-3-5-8(10)12-11(17)7-9(14(18)19-2)15-13(12)16/h3-7H,1-2H3,(H,15,17). The Labute approximate surface area is 108 Å². The third-order valence-electron chi connectivity index (χ3n) is 3.29. The first-order chi connectivity index (χ1) is 9.13. The molecule has 0 aliphatic heterocycles. The summed E-state index contributed by atoms with van der Waals surface area (Å²) >= 11 is 0. The molecular formula is C14H12N2O3. The fraction of sp³-hybridized carbons (Fsp3) is 0.143. The van der Waals surface area contributed by atoms with Crippen molar-refractivity contribution < 1.29 is 9.53 Å². The zero-order valence-corrected chi connectivity index (χ0v) is 10.6. The summed E-state index contributed by atoms with van der Waals surface area (Å²) in [5, 5.41) is 1.46. The van der Waals surface area contributed by atoms with Gasteiger partial charge in [0.2, 0.25) is 0 Å². The van der Waals surface area contributed by atoms with Crippen LogP contribution in [0.5, 0.6) is 0 Å². The molecule has 0 fully saturated rings. The minimum absolute atomic E-state index is 0.158. The molecule has 0 unspecified atom stereocenters. The van der Waals surface area contributed by atoms with E-state index in [0.717, 1.165) is 10.9 Å². The fourth-order valence-corrected chi connectivity index (χ4v) is 2.38. The van der Waals surface area contributed by atoms with Crippen molar-refractivity contribution in [1.82, 2.24) is 9.55 Å². The second-order valence-electron chi connectivity index (χ2n) is 4.34. The number of benzene rings is 1. The van der Waals surface area contributed by atoms with Crippen molar-refractivity contribution in [2.24, 2.45) is 7.05 Å². The lowest BCUT2D eigenvalue weighted by molar-refractivity contribution is 0.0594. The maximum absolute atomic E-state index is 12.2. The highest BCUT2D eigenvalue weighted by molar-refractivity contribution is 6.07. The Morgan fingerprint density at radius 3 is 2.79 bits per heavy atom. The second kappa shape index (κ2) is 3.98.